The molecule has 1 saturated heterocycles. The highest BCUT2D eigenvalue weighted by Crippen LogP contribution is 2.67. The molecule has 280 valence electrons. The molecule has 49 heavy (non-hydrogen) atoms. The Morgan fingerprint density at radius 2 is 1.61 bits per heavy atom. The highest BCUT2D eigenvalue weighted by atomic mass is 16.7. The van der Waals surface area contributed by atoms with Crippen molar-refractivity contribution in [2.75, 3.05) is 6.61 Å². The first-order chi connectivity index (χ1) is 22.7. The van der Waals surface area contributed by atoms with Crippen LogP contribution < -0.4 is 0 Å². The molecular formula is C37H60O12. The first-order valence-corrected chi connectivity index (χ1v) is 18.3. The summed E-state index contributed by atoms with van der Waals surface area (Å²) in [5.41, 5.74) is -3.35. The largest absolute Gasteiger partial charge is 0.462 e. The van der Waals surface area contributed by atoms with Crippen LogP contribution in [0.15, 0.2) is 0 Å². The van der Waals surface area contributed by atoms with Gasteiger partial charge in [0.2, 0.25) is 0 Å². The third kappa shape index (κ3) is 7.02. The topological polar surface area (TPSA) is 200 Å². The van der Waals surface area contributed by atoms with Crippen molar-refractivity contribution in [3.8, 4) is 0 Å². The molecule has 0 radical (unpaired) electrons. The predicted octanol–water partition coefficient (Wildman–Crippen LogP) is 2.06. The van der Waals surface area contributed by atoms with Crippen LogP contribution in [0, 0.1) is 46.3 Å². The Kier molecular flexibility index (Phi) is 10.9. The molecule has 5 rings (SSSR count). The van der Waals surface area contributed by atoms with E-state index in [-0.39, 0.29) is 47.1 Å². The Morgan fingerprint density at radius 1 is 0.959 bits per heavy atom. The average molecular weight is 697 g/mol. The van der Waals surface area contributed by atoms with E-state index in [9.17, 15) is 45.0 Å². The third-order valence-electron chi connectivity index (χ3n) is 13.8. The summed E-state index contributed by atoms with van der Waals surface area (Å²) in [6, 6.07) is 0. The zero-order chi connectivity index (χ0) is 36.4. The maximum atomic E-state index is 14.0. The lowest BCUT2D eigenvalue weighted by atomic mass is 9.44. The third-order valence-corrected chi connectivity index (χ3v) is 13.8. The number of carbonyl (C=O) groups is 3. The van der Waals surface area contributed by atoms with Crippen LogP contribution in [0.4, 0.5) is 0 Å². The molecule has 0 bridgehead atoms. The van der Waals surface area contributed by atoms with Crippen LogP contribution in [-0.2, 0) is 28.6 Å². The van der Waals surface area contributed by atoms with E-state index in [1.807, 2.05) is 0 Å². The summed E-state index contributed by atoms with van der Waals surface area (Å²) in [6.45, 7) is 11.8. The number of rotatable bonds is 10. The molecule has 0 aromatic heterocycles. The lowest BCUT2D eigenvalue weighted by molar-refractivity contribution is -0.315. The second-order valence-corrected chi connectivity index (χ2v) is 17.5. The minimum Gasteiger partial charge on any atom is -0.462 e. The SMILES string of the molecule is CC(=O)OC(C)C(CCC(C)(O)C1C(=O)CC2C3CC(=O)C4CC(OC5OC(CO)C(O)C(O)C5O)CCC4(C)C3CCC21C)C(C)(C)O. The van der Waals surface area contributed by atoms with Crippen LogP contribution in [0.3, 0.4) is 0 Å². The number of aliphatic hydroxyl groups excluding tert-OH is 4. The van der Waals surface area contributed by atoms with Crippen molar-refractivity contribution >= 4 is 17.5 Å². The summed E-state index contributed by atoms with van der Waals surface area (Å²) in [7, 11) is 0. The monoisotopic (exact) mass is 696 g/mol. The molecule has 4 saturated carbocycles. The quantitative estimate of drug-likeness (QED) is 0.144. The zero-order valence-corrected chi connectivity index (χ0v) is 30.2. The Bertz CT molecular complexity index is 1240. The molecule has 0 spiro atoms. The highest BCUT2D eigenvalue weighted by Gasteiger charge is 2.66. The highest BCUT2D eigenvalue weighted by molar-refractivity contribution is 5.87. The Labute approximate surface area is 289 Å². The molecule has 5 fully saturated rings. The van der Waals surface area contributed by atoms with Gasteiger partial charge in [0, 0.05) is 31.6 Å². The Hall–Kier alpha value is -1.51. The van der Waals surface area contributed by atoms with Gasteiger partial charge in [-0.25, -0.2) is 0 Å². The van der Waals surface area contributed by atoms with Gasteiger partial charge in [-0.1, -0.05) is 13.8 Å². The smallest absolute Gasteiger partial charge is 0.302 e. The Morgan fingerprint density at radius 3 is 2.22 bits per heavy atom. The van der Waals surface area contributed by atoms with Crippen LogP contribution >= 0.6 is 0 Å². The summed E-state index contributed by atoms with van der Waals surface area (Å²) in [4.78, 5) is 39.6. The van der Waals surface area contributed by atoms with Gasteiger partial charge >= 0.3 is 5.97 Å². The zero-order valence-electron chi connectivity index (χ0n) is 30.2. The minimum atomic E-state index is -1.54. The molecule has 12 nitrogen and oxygen atoms in total. The number of Topliss-reactive ketones (excluding diaryl/α,β-unsaturated/α-hetero) is 2. The van der Waals surface area contributed by atoms with Gasteiger partial charge in [-0.2, -0.15) is 0 Å². The van der Waals surface area contributed by atoms with Gasteiger partial charge in [0.1, 0.15) is 42.1 Å². The second-order valence-electron chi connectivity index (χ2n) is 17.5. The van der Waals surface area contributed by atoms with Crippen LogP contribution in [0.2, 0.25) is 0 Å². The average Bonchev–Trinajstić information content (AvgIpc) is 3.27. The number of hydrogen-bond donors (Lipinski definition) is 6. The van der Waals surface area contributed by atoms with Gasteiger partial charge in [0.15, 0.2) is 6.29 Å². The van der Waals surface area contributed by atoms with E-state index in [4.69, 9.17) is 14.2 Å². The Balaban J connectivity index is 1.29. The van der Waals surface area contributed by atoms with Crippen molar-refractivity contribution in [1.29, 1.82) is 0 Å². The molecule has 0 aromatic rings. The lowest BCUT2D eigenvalue weighted by Crippen LogP contribution is -2.61. The van der Waals surface area contributed by atoms with E-state index in [1.54, 1.807) is 27.7 Å². The maximum absolute atomic E-state index is 14.0. The first kappa shape index (κ1) is 38.7. The van der Waals surface area contributed by atoms with Gasteiger partial charge in [-0.15, -0.1) is 0 Å². The number of aliphatic hydroxyl groups is 6. The molecule has 1 aliphatic heterocycles. The maximum Gasteiger partial charge on any atom is 0.302 e. The number of ether oxygens (including phenoxy) is 3. The van der Waals surface area contributed by atoms with Crippen molar-refractivity contribution in [3.05, 3.63) is 0 Å². The van der Waals surface area contributed by atoms with Crippen molar-refractivity contribution in [2.45, 2.75) is 160 Å². The summed E-state index contributed by atoms with van der Waals surface area (Å²) in [5, 5.41) is 63.4. The van der Waals surface area contributed by atoms with Crippen molar-refractivity contribution in [3.63, 3.8) is 0 Å². The molecule has 12 heteroatoms. The first-order valence-electron chi connectivity index (χ1n) is 18.3. The molecule has 0 amide bonds. The van der Waals surface area contributed by atoms with Crippen molar-refractivity contribution < 1.29 is 59.2 Å². The summed E-state index contributed by atoms with van der Waals surface area (Å²) < 4.78 is 17.1. The van der Waals surface area contributed by atoms with E-state index < -0.39 is 83.9 Å². The van der Waals surface area contributed by atoms with Gasteiger partial charge < -0.3 is 44.8 Å². The number of carbonyl (C=O) groups excluding carboxylic acids is 3. The fourth-order valence-electron chi connectivity index (χ4n) is 11.4. The van der Waals surface area contributed by atoms with E-state index >= 15 is 0 Å². The van der Waals surface area contributed by atoms with Crippen LogP contribution in [-0.4, -0.2) is 109 Å². The van der Waals surface area contributed by atoms with E-state index in [0.29, 0.717) is 38.5 Å². The lowest BCUT2D eigenvalue weighted by Gasteiger charge is -2.60. The molecule has 0 aromatic carbocycles. The van der Waals surface area contributed by atoms with Crippen molar-refractivity contribution in [1.82, 2.24) is 0 Å². The molecule has 5 aliphatic rings. The predicted molar refractivity (Wildman–Crippen MR) is 176 cm³/mol. The number of esters is 1. The standard InChI is InChI=1S/C37H60O12/c1-18(47-19(2)39)22(34(3,4)45)10-13-37(7,46)32-27(41)16-24-21-15-26(40)25-14-20(8-11-35(25,5)23(21)9-12-36(24,32)6)48-33-31(44)30(43)29(42)28(17-38)49-33/h18,20-25,28-33,38,42-46H,8-17H2,1-7H3. The fourth-order valence-corrected chi connectivity index (χ4v) is 11.4. The van der Waals surface area contributed by atoms with Gasteiger partial charge in [-0.05, 0) is 101 Å². The van der Waals surface area contributed by atoms with Crippen LogP contribution in [0.1, 0.15) is 106 Å². The molecule has 6 N–H and O–H groups in total. The fraction of sp³-hybridized carbons (Fsp3) is 0.919. The number of fused-ring (bicyclic) bond motifs is 5. The normalized spacial score (nSPS) is 45.0. The van der Waals surface area contributed by atoms with Crippen LogP contribution in [0.25, 0.3) is 0 Å². The van der Waals surface area contributed by atoms with E-state index in [0.717, 1.165) is 12.8 Å². The second kappa shape index (κ2) is 13.8. The summed E-state index contributed by atoms with van der Waals surface area (Å²) in [5.74, 6) is -1.49. The van der Waals surface area contributed by atoms with Crippen molar-refractivity contribution in [2.24, 2.45) is 46.3 Å². The molecule has 16 unspecified atom stereocenters. The van der Waals surface area contributed by atoms with Gasteiger partial charge in [-0.3, -0.25) is 14.4 Å². The molecular weight excluding hydrogens is 636 g/mol. The van der Waals surface area contributed by atoms with E-state index in [2.05, 4.69) is 13.8 Å². The molecule has 4 aliphatic carbocycles. The summed E-state index contributed by atoms with van der Waals surface area (Å²) >= 11 is 0. The number of ketones is 2. The van der Waals surface area contributed by atoms with Crippen LogP contribution in [0.5, 0.6) is 0 Å². The molecule has 16 atom stereocenters. The summed E-state index contributed by atoms with van der Waals surface area (Å²) in [6.07, 6.45) is -3.27. The van der Waals surface area contributed by atoms with Gasteiger partial charge in [0.25, 0.3) is 0 Å². The number of hydrogen-bond acceptors (Lipinski definition) is 12. The minimum absolute atomic E-state index is 0.00766. The molecule has 1 heterocycles. The van der Waals surface area contributed by atoms with E-state index in [1.165, 1.54) is 6.92 Å². The van der Waals surface area contributed by atoms with Gasteiger partial charge in [0.05, 0.1) is 29.8 Å².